The van der Waals surface area contributed by atoms with Crippen LogP contribution in [0.1, 0.15) is 5.56 Å². The molecule has 0 bridgehead atoms. The number of sulfonamides is 1. The number of fused-ring (bicyclic) bond motifs is 1. The lowest BCUT2D eigenvalue weighted by Gasteiger charge is -2.35. The highest BCUT2D eigenvalue weighted by Crippen LogP contribution is 2.33. The fraction of sp³-hybridized carbons (Fsp3) is 0.381. The second kappa shape index (κ2) is 9.24. The van der Waals surface area contributed by atoms with Gasteiger partial charge in [0, 0.05) is 44.9 Å². The summed E-state index contributed by atoms with van der Waals surface area (Å²) in [6.45, 7) is 2.68. The van der Waals surface area contributed by atoms with Gasteiger partial charge in [0.1, 0.15) is 6.54 Å². The zero-order valence-electron chi connectivity index (χ0n) is 18.0. The second-order valence-electron chi connectivity index (χ2n) is 7.89. The summed E-state index contributed by atoms with van der Waals surface area (Å²) in [6, 6.07) is 11.1. The van der Waals surface area contributed by atoms with Crippen molar-refractivity contribution in [3.8, 4) is 11.5 Å². The highest BCUT2D eigenvalue weighted by molar-refractivity contribution is 7.92. The molecule has 2 aromatic rings. The maximum atomic E-state index is 12.9. The van der Waals surface area contributed by atoms with E-state index in [1.807, 2.05) is 18.2 Å². The van der Waals surface area contributed by atoms with Crippen LogP contribution in [0.5, 0.6) is 11.5 Å². The monoisotopic (exact) mass is 476 g/mol. The SMILES string of the molecule is CS(=O)(=O)N(CC(=O)N1CCN(Cc2ccc3c(c2)OCO3)CC1)c1cccc([N+](=O)[O-])c1. The summed E-state index contributed by atoms with van der Waals surface area (Å²) in [5, 5.41) is 11.1. The van der Waals surface area contributed by atoms with Crippen LogP contribution in [-0.4, -0.2) is 74.8 Å². The van der Waals surface area contributed by atoms with E-state index in [2.05, 4.69) is 4.90 Å². The van der Waals surface area contributed by atoms with Gasteiger partial charge in [-0.05, 0) is 23.8 Å². The first-order valence-electron chi connectivity index (χ1n) is 10.3. The van der Waals surface area contributed by atoms with Crippen molar-refractivity contribution in [2.24, 2.45) is 0 Å². The van der Waals surface area contributed by atoms with Gasteiger partial charge < -0.3 is 14.4 Å². The van der Waals surface area contributed by atoms with E-state index in [0.29, 0.717) is 32.7 Å². The predicted octanol–water partition coefficient (Wildman–Crippen LogP) is 1.43. The molecule has 4 rings (SSSR count). The fourth-order valence-electron chi connectivity index (χ4n) is 3.84. The number of rotatable bonds is 7. The number of amides is 1. The molecule has 12 heteroatoms. The van der Waals surface area contributed by atoms with Crippen molar-refractivity contribution < 1.29 is 27.6 Å². The largest absolute Gasteiger partial charge is 0.454 e. The van der Waals surface area contributed by atoms with E-state index in [9.17, 15) is 23.3 Å². The van der Waals surface area contributed by atoms with E-state index in [-0.39, 0.29) is 24.1 Å². The van der Waals surface area contributed by atoms with E-state index in [1.54, 1.807) is 4.90 Å². The van der Waals surface area contributed by atoms with E-state index < -0.39 is 21.5 Å². The smallest absolute Gasteiger partial charge is 0.271 e. The van der Waals surface area contributed by atoms with Crippen molar-refractivity contribution in [2.75, 3.05) is 50.1 Å². The minimum atomic E-state index is -3.82. The highest BCUT2D eigenvalue weighted by Gasteiger charge is 2.27. The van der Waals surface area contributed by atoms with Gasteiger partial charge in [-0.3, -0.25) is 24.1 Å². The van der Waals surface area contributed by atoms with Crippen molar-refractivity contribution in [3.05, 3.63) is 58.1 Å². The first-order chi connectivity index (χ1) is 15.7. The summed E-state index contributed by atoms with van der Waals surface area (Å²) >= 11 is 0. The Morgan fingerprint density at radius 1 is 1.09 bits per heavy atom. The van der Waals surface area contributed by atoms with Crippen LogP contribution in [0.25, 0.3) is 0 Å². The molecule has 0 radical (unpaired) electrons. The van der Waals surface area contributed by atoms with Crippen LogP contribution in [0.15, 0.2) is 42.5 Å². The third-order valence-electron chi connectivity index (χ3n) is 5.58. The highest BCUT2D eigenvalue weighted by atomic mass is 32.2. The number of non-ortho nitro benzene ring substituents is 1. The number of hydrogen-bond donors (Lipinski definition) is 0. The summed E-state index contributed by atoms with van der Waals surface area (Å²) in [5.74, 6) is 1.10. The first kappa shape index (κ1) is 22.8. The van der Waals surface area contributed by atoms with Crippen molar-refractivity contribution in [2.45, 2.75) is 6.54 Å². The Hall–Kier alpha value is -3.38. The summed E-state index contributed by atoms with van der Waals surface area (Å²) in [5.41, 5.74) is 0.917. The van der Waals surface area contributed by atoms with Crippen LogP contribution in [0.2, 0.25) is 0 Å². The molecule has 1 fully saturated rings. The van der Waals surface area contributed by atoms with Crippen LogP contribution in [-0.2, 0) is 21.4 Å². The number of carbonyl (C=O) groups excluding carboxylic acids is 1. The van der Waals surface area contributed by atoms with E-state index in [4.69, 9.17) is 9.47 Å². The molecular formula is C21H24N4O7S. The molecule has 1 amide bonds. The van der Waals surface area contributed by atoms with Gasteiger partial charge in [-0.25, -0.2) is 8.42 Å². The number of piperazine rings is 1. The van der Waals surface area contributed by atoms with Crippen LogP contribution < -0.4 is 13.8 Å². The Bertz CT molecular complexity index is 1160. The minimum absolute atomic E-state index is 0.0847. The van der Waals surface area contributed by atoms with Crippen LogP contribution in [0, 0.1) is 10.1 Å². The van der Waals surface area contributed by atoms with E-state index in [0.717, 1.165) is 33.7 Å². The molecule has 0 aliphatic carbocycles. The number of nitro benzene ring substituents is 1. The molecule has 11 nitrogen and oxygen atoms in total. The van der Waals surface area contributed by atoms with Gasteiger partial charge in [0.2, 0.25) is 22.7 Å². The lowest BCUT2D eigenvalue weighted by atomic mass is 10.1. The Labute approximate surface area is 191 Å². The number of ether oxygens (including phenoxy) is 2. The van der Waals surface area contributed by atoms with Crippen LogP contribution >= 0.6 is 0 Å². The maximum absolute atomic E-state index is 12.9. The van der Waals surface area contributed by atoms with Gasteiger partial charge in [0.25, 0.3) is 5.69 Å². The Morgan fingerprint density at radius 2 is 1.82 bits per heavy atom. The molecule has 0 spiro atoms. The van der Waals surface area contributed by atoms with Crippen molar-refractivity contribution in [1.82, 2.24) is 9.80 Å². The lowest BCUT2D eigenvalue weighted by Crippen LogP contribution is -2.51. The first-order valence-corrected chi connectivity index (χ1v) is 12.2. The van der Waals surface area contributed by atoms with Crippen molar-refractivity contribution >= 4 is 27.3 Å². The second-order valence-corrected chi connectivity index (χ2v) is 9.80. The average molecular weight is 477 g/mol. The van der Waals surface area contributed by atoms with Crippen LogP contribution in [0.3, 0.4) is 0 Å². The standard InChI is InChI=1S/C21H24N4O7S/c1-33(29,30)24(17-3-2-4-18(12-17)25(27)28)14-21(26)23-9-7-22(8-10-23)13-16-5-6-19-20(11-16)32-15-31-19/h2-6,11-12H,7-10,13-15H2,1H3. The molecule has 2 aromatic carbocycles. The predicted molar refractivity (Wildman–Crippen MR) is 120 cm³/mol. The topological polar surface area (TPSA) is 123 Å². The van der Waals surface area contributed by atoms with Gasteiger partial charge in [0.05, 0.1) is 16.9 Å². The Balaban J connectivity index is 1.37. The maximum Gasteiger partial charge on any atom is 0.271 e. The summed E-state index contributed by atoms with van der Waals surface area (Å²) < 4.78 is 36.3. The molecule has 0 atom stereocenters. The molecular weight excluding hydrogens is 452 g/mol. The van der Waals surface area contributed by atoms with E-state index in [1.165, 1.54) is 18.2 Å². The van der Waals surface area contributed by atoms with E-state index >= 15 is 0 Å². The summed E-state index contributed by atoms with van der Waals surface area (Å²) in [7, 11) is -3.82. The summed E-state index contributed by atoms with van der Waals surface area (Å²) in [4.78, 5) is 27.1. The molecule has 2 aliphatic heterocycles. The quantitative estimate of drug-likeness (QED) is 0.435. The van der Waals surface area contributed by atoms with Gasteiger partial charge in [-0.15, -0.1) is 0 Å². The number of hydrogen-bond acceptors (Lipinski definition) is 8. The molecule has 0 N–H and O–H groups in total. The van der Waals surface area contributed by atoms with Gasteiger partial charge in [-0.2, -0.15) is 0 Å². The molecule has 0 unspecified atom stereocenters. The molecule has 1 saturated heterocycles. The van der Waals surface area contributed by atoms with Gasteiger partial charge >= 0.3 is 0 Å². The fourth-order valence-corrected chi connectivity index (χ4v) is 4.68. The van der Waals surface area contributed by atoms with Crippen LogP contribution in [0.4, 0.5) is 11.4 Å². The molecule has 2 aliphatic rings. The normalized spacial score (nSPS) is 16.0. The van der Waals surface area contributed by atoms with Gasteiger partial charge in [-0.1, -0.05) is 12.1 Å². The third kappa shape index (κ3) is 5.34. The molecule has 33 heavy (non-hydrogen) atoms. The number of nitro groups is 1. The Morgan fingerprint density at radius 3 is 2.52 bits per heavy atom. The number of benzene rings is 2. The molecule has 176 valence electrons. The average Bonchev–Trinajstić information content (AvgIpc) is 3.25. The number of nitrogens with zero attached hydrogens (tertiary/aromatic N) is 4. The van der Waals surface area contributed by atoms with Gasteiger partial charge in [0.15, 0.2) is 11.5 Å². The molecule has 0 aromatic heterocycles. The molecule has 2 heterocycles. The zero-order valence-corrected chi connectivity index (χ0v) is 18.9. The van der Waals surface area contributed by atoms with Crippen molar-refractivity contribution in [3.63, 3.8) is 0 Å². The van der Waals surface area contributed by atoms with Crippen molar-refractivity contribution in [1.29, 1.82) is 0 Å². The zero-order chi connectivity index (χ0) is 23.6. The lowest BCUT2D eigenvalue weighted by molar-refractivity contribution is -0.384. The summed E-state index contributed by atoms with van der Waals surface area (Å²) in [6.07, 6.45) is 0.975. The Kier molecular flexibility index (Phi) is 6.38. The number of anilines is 1. The third-order valence-corrected chi connectivity index (χ3v) is 6.72. The molecule has 0 saturated carbocycles. The number of carbonyl (C=O) groups is 1. The minimum Gasteiger partial charge on any atom is -0.454 e.